The summed E-state index contributed by atoms with van der Waals surface area (Å²) in [4.78, 5) is 17.7. The molecule has 1 N–H and O–H groups in total. The molecule has 2 aromatic heterocycles. The molecular weight excluding hydrogens is 238 g/mol. The van der Waals surface area contributed by atoms with E-state index in [9.17, 15) is 4.79 Å². The maximum Gasteiger partial charge on any atom is 0.256 e. The van der Waals surface area contributed by atoms with Gasteiger partial charge in [-0.25, -0.2) is 0 Å². The van der Waals surface area contributed by atoms with Crippen LogP contribution in [-0.2, 0) is 0 Å². The maximum absolute atomic E-state index is 11.8. The third-order valence-electron chi connectivity index (χ3n) is 4.15. The number of aromatic amines is 1. The molecule has 4 heteroatoms. The van der Waals surface area contributed by atoms with Crippen LogP contribution in [0.1, 0.15) is 38.3 Å². The third-order valence-corrected chi connectivity index (χ3v) is 4.15. The van der Waals surface area contributed by atoms with Gasteiger partial charge in [-0.15, -0.1) is 0 Å². The fraction of sp³-hybridized carbons (Fsp3) is 0.533. The summed E-state index contributed by atoms with van der Waals surface area (Å²) in [6, 6.07) is 5.95. The quantitative estimate of drug-likeness (QED) is 0.898. The summed E-state index contributed by atoms with van der Waals surface area (Å²) in [5.74, 6) is 0.510. The predicted molar refractivity (Wildman–Crippen MR) is 76.7 cm³/mol. The minimum absolute atomic E-state index is 0.0384. The van der Waals surface area contributed by atoms with Gasteiger partial charge in [-0.05, 0) is 39.3 Å². The van der Waals surface area contributed by atoms with Crippen LogP contribution in [0.25, 0.3) is 5.65 Å². The number of pyridine rings is 1. The van der Waals surface area contributed by atoms with E-state index in [4.69, 9.17) is 0 Å². The molecule has 1 unspecified atom stereocenters. The minimum Gasteiger partial charge on any atom is -0.343 e. The van der Waals surface area contributed by atoms with Crippen molar-refractivity contribution in [1.82, 2.24) is 14.3 Å². The van der Waals surface area contributed by atoms with Gasteiger partial charge in [-0.3, -0.25) is 9.20 Å². The van der Waals surface area contributed by atoms with Crippen LogP contribution in [0.4, 0.5) is 0 Å². The van der Waals surface area contributed by atoms with E-state index in [0.29, 0.717) is 12.0 Å². The van der Waals surface area contributed by atoms with E-state index in [-0.39, 0.29) is 5.56 Å². The van der Waals surface area contributed by atoms with Crippen LogP contribution in [0.15, 0.2) is 29.2 Å². The van der Waals surface area contributed by atoms with Crippen molar-refractivity contribution in [3.63, 3.8) is 0 Å². The van der Waals surface area contributed by atoms with Crippen LogP contribution in [-0.4, -0.2) is 33.4 Å². The molecule has 0 saturated carbocycles. The maximum atomic E-state index is 11.8. The summed E-state index contributed by atoms with van der Waals surface area (Å²) < 4.78 is 1.71. The first-order chi connectivity index (χ1) is 9.15. The van der Waals surface area contributed by atoms with E-state index < -0.39 is 0 Å². The largest absolute Gasteiger partial charge is 0.343 e. The average molecular weight is 259 g/mol. The normalized spacial score (nSPS) is 21.3. The fourth-order valence-electron chi connectivity index (χ4n) is 2.99. The lowest BCUT2D eigenvalue weighted by molar-refractivity contribution is 0.166. The molecule has 3 heterocycles. The predicted octanol–water partition coefficient (Wildman–Crippen LogP) is 2.22. The highest BCUT2D eigenvalue weighted by Gasteiger charge is 2.24. The molecule has 4 nitrogen and oxygen atoms in total. The Labute approximate surface area is 113 Å². The topological polar surface area (TPSA) is 40.5 Å². The van der Waals surface area contributed by atoms with Gasteiger partial charge in [0.1, 0.15) is 5.65 Å². The Morgan fingerprint density at radius 1 is 1.37 bits per heavy atom. The zero-order chi connectivity index (χ0) is 13.4. The zero-order valence-electron chi connectivity index (χ0n) is 11.6. The molecule has 1 saturated heterocycles. The van der Waals surface area contributed by atoms with Crippen LogP contribution < -0.4 is 5.56 Å². The standard InChI is InChI=1S/C15H21N3O/c1-11(2)17-8-4-5-12(9-17)13-10-18-14(16-13)6-3-7-15(18)19/h3,6-7,10-12,16H,4-5,8-9H2,1-2H3. The number of rotatable bonds is 2. The smallest absolute Gasteiger partial charge is 0.256 e. The number of H-pyrrole nitrogens is 1. The molecule has 1 fully saturated rings. The number of hydrogen-bond donors (Lipinski definition) is 1. The Kier molecular flexibility index (Phi) is 3.19. The van der Waals surface area contributed by atoms with Crippen molar-refractivity contribution in [3.8, 4) is 0 Å². The number of nitrogens with one attached hydrogen (secondary N) is 1. The van der Waals surface area contributed by atoms with Crippen molar-refractivity contribution in [1.29, 1.82) is 0 Å². The molecule has 0 amide bonds. The second kappa shape index (κ2) is 4.85. The van der Waals surface area contributed by atoms with Gasteiger partial charge >= 0.3 is 0 Å². The fourth-order valence-corrected chi connectivity index (χ4v) is 2.99. The van der Waals surface area contributed by atoms with Crippen LogP contribution >= 0.6 is 0 Å². The molecule has 0 spiro atoms. The van der Waals surface area contributed by atoms with Crippen molar-refractivity contribution in [2.24, 2.45) is 0 Å². The first kappa shape index (κ1) is 12.5. The van der Waals surface area contributed by atoms with E-state index in [2.05, 4.69) is 23.7 Å². The lowest BCUT2D eigenvalue weighted by atomic mass is 9.94. The summed E-state index contributed by atoms with van der Waals surface area (Å²) >= 11 is 0. The Balaban J connectivity index is 1.91. The van der Waals surface area contributed by atoms with Gasteiger partial charge in [0.15, 0.2) is 0 Å². The Morgan fingerprint density at radius 3 is 2.95 bits per heavy atom. The first-order valence-corrected chi connectivity index (χ1v) is 7.09. The van der Waals surface area contributed by atoms with Gasteiger partial charge < -0.3 is 9.88 Å². The molecule has 3 rings (SSSR count). The summed E-state index contributed by atoms with van der Waals surface area (Å²) in [6.45, 7) is 6.77. The highest BCUT2D eigenvalue weighted by atomic mass is 16.1. The zero-order valence-corrected chi connectivity index (χ0v) is 11.6. The molecule has 0 bridgehead atoms. The van der Waals surface area contributed by atoms with Gasteiger partial charge in [0.05, 0.1) is 0 Å². The van der Waals surface area contributed by atoms with Gasteiger partial charge in [0.25, 0.3) is 5.56 Å². The number of fused-ring (bicyclic) bond motifs is 1. The van der Waals surface area contributed by atoms with Crippen molar-refractivity contribution in [2.75, 3.05) is 13.1 Å². The van der Waals surface area contributed by atoms with E-state index in [1.54, 1.807) is 16.5 Å². The molecule has 2 aromatic rings. The highest BCUT2D eigenvalue weighted by molar-refractivity contribution is 5.40. The number of nitrogens with zero attached hydrogens (tertiary/aromatic N) is 2. The van der Waals surface area contributed by atoms with Crippen molar-refractivity contribution < 1.29 is 0 Å². The van der Waals surface area contributed by atoms with E-state index in [0.717, 1.165) is 12.2 Å². The van der Waals surface area contributed by atoms with Crippen molar-refractivity contribution >= 4 is 5.65 Å². The van der Waals surface area contributed by atoms with Crippen LogP contribution in [0.3, 0.4) is 0 Å². The van der Waals surface area contributed by atoms with E-state index in [1.165, 1.54) is 25.1 Å². The molecule has 1 aliphatic rings. The average Bonchev–Trinajstić information content (AvgIpc) is 2.84. The van der Waals surface area contributed by atoms with E-state index >= 15 is 0 Å². The monoisotopic (exact) mass is 259 g/mol. The van der Waals surface area contributed by atoms with Gasteiger partial charge in [0, 0.05) is 36.5 Å². The summed E-state index contributed by atoms with van der Waals surface area (Å²) in [5, 5.41) is 0. The SMILES string of the molecule is CC(C)N1CCCC(c2cn3c(=O)cccc3[nH]2)C1. The second-order valence-electron chi connectivity index (χ2n) is 5.76. The lowest BCUT2D eigenvalue weighted by Crippen LogP contribution is -2.39. The Morgan fingerprint density at radius 2 is 2.21 bits per heavy atom. The molecule has 102 valence electrons. The van der Waals surface area contributed by atoms with Crippen molar-refractivity contribution in [2.45, 2.75) is 38.6 Å². The number of hydrogen-bond acceptors (Lipinski definition) is 2. The highest BCUT2D eigenvalue weighted by Crippen LogP contribution is 2.27. The van der Waals surface area contributed by atoms with Crippen LogP contribution in [0.2, 0.25) is 0 Å². The summed E-state index contributed by atoms with van der Waals surface area (Å²) in [6.07, 6.45) is 4.41. The first-order valence-electron chi connectivity index (χ1n) is 7.09. The molecule has 0 radical (unpaired) electrons. The minimum atomic E-state index is 0.0384. The molecular formula is C15H21N3O. The molecule has 0 aromatic carbocycles. The third kappa shape index (κ3) is 2.32. The van der Waals surface area contributed by atoms with Crippen molar-refractivity contribution in [3.05, 3.63) is 40.4 Å². The summed E-state index contributed by atoms with van der Waals surface area (Å²) in [7, 11) is 0. The number of aromatic nitrogens is 2. The van der Waals surface area contributed by atoms with Gasteiger partial charge in [-0.2, -0.15) is 0 Å². The van der Waals surface area contributed by atoms with Gasteiger partial charge in [0.2, 0.25) is 0 Å². The number of imidazole rings is 1. The summed E-state index contributed by atoms with van der Waals surface area (Å²) in [5.41, 5.74) is 2.12. The van der Waals surface area contributed by atoms with Gasteiger partial charge in [-0.1, -0.05) is 6.07 Å². The number of piperidine rings is 1. The Bertz CT molecular complexity index is 626. The van der Waals surface area contributed by atoms with Crippen LogP contribution in [0, 0.1) is 0 Å². The van der Waals surface area contributed by atoms with E-state index in [1.807, 2.05) is 12.3 Å². The second-order valence-corrected chi connectivity index (χ2v) is 5.76. The number of likely N-dealkylation sites (tertiary alicyclic amines) is 1. The molecule has 1 atom stereocenters. The molecule has 0 aliphatic carbocycles. The van der Waals surface area contributed by atoms with Crippen LogP contribution in [0.5, 0.6) is 0 Å². The molecule has 1 aliphatic heterocycles. The Hall–Kier alpha value is -1.55. The lowest BCUT2D eigenvalue weighted by Gasteiger charge is -2.34. The molecule has 19 heavy (non-hydrogen) atoms.